The standard InChI is InChI=1S/C13H9BrFNO2/c14-12-4-3-11(18-12)13(17)16-6-5-8-7-9(15)1-2-10(8)16/h1-4,7H,5-6H2. The Morgan fingerprint density at radius 3 is 2.89 bits per heavy atom. The molecule has 1 aliphatic heterocycles. The van der Waals surface area contributed by atoms with Crippen LogP contribution >= 0.6 is 15.9 Å². The summed E-state index contributed by atoms with van der Waals surface area (Å²) in [5.74, 6) is -0.200. The first-order valence-electron chi connectivity index (χ1n) is 5.51. The third kappa shape index (κ3) is 1.84. The fourth-order valence-corrected chi connectivity index (χ4v) is 2.45. The molecule has 3 nitrogen and oxygen atoms in total. The highest BCUT2D eigenvalue weighted by atomic mass is 79.9. The molecule has 1 amide bonds. The largest absolute Gasteiger partial charge is 0.444 e. The normalized spacial score (nSPS) is 13.8. The van der Waals surface area contributed by atoms with E-state index in [1.807, 2.05) is 0 Å². The molecular formula is C13H9BrFNO2. The zero-order valence-corrected chi connectivity index (χ0v) is 10.9. The molecule has 0 aliphatic carbocycles. The van der Waals surface area contributed by atoms with Crippen molar-refractivity contribution in [1.29, 1.82) is 0 Å². The summed E-state index contributed by atoms with van der Waals surface area (Å²) in [4.78, 5) is 13.8. The molecule has 0 N–H and O–H groups in total. The van der Waals surface area contributed by atoms with Gasteiger partial charge < -0.3 is 9.32 Å². The number of benzene rings is 1. The number of fused-ring (bicyclic) bond motifs is 1. The first-order chi connectivity index (χ1) is 8.65. The van der Waals surface area contributed by atoms with E-state index >= 15 is 0 Å². The summed E-state index contributed by atoms with van der Waals surface area (Å²) in [5.41, 5.74) is 1.61. The maximum Gasteiger partial charge on any atom is 0.294 e. The van der Waals surface area contributed by atoms with Crippen LogP contribution in [0.3, 0.4) is 0 Å². The molecule has 5 heteroatoms. The van der Waals surface area contributed by atoms with Crippen molar-refractivity contribution >= 4 is 27.5 Å². The quantitative estimate of drug-likeness (QED) is 0.809. The highest BCUT2D eigenvalue weighted by Gasteiger charge is 2.27. The molecule has 0 fully saturated rings. The second-order valence-corrected chi connectivity index (χ2v) is 4.87. The van der Waals surface area contributed by atoms with E-state index < -0.39 is 0 Å². The maximum absolute atomic E-state index is 13.1. The summed E-state index contributed by atoms with van der Waals surface area (Å²) in [5, 5.41) is 0. The fraction of sp³-hybridized carbons (Fsp3) is 0.154. The Kier molecular flexibility index (Phi) is 2.70. The van der Waals surface area contributed by atoms with Gasteiger partial charge in [-0.2, -0.15) is 0 Å². The van der Waals surface area contributed by atoms with Crippen LogP contribution in [0.1, 0.15) is 16.1 Å². The third-order valence-electron chi connectivity index (χ3n) is 2.97. The molecule has 0 atom stereocenters. The fourth-order valence-electron chi connectivity index (χ4n) is 2.14. The first-order valence-corrected chi connectivity index (χ1v) is 6.30. The Hall–Kier alpha value is -1.62. The molecule has 2 heterocycles. The van der Waals surface area contributed by atoms with Crippen molar-refractivity contribution in [2.75, 3.05) is 11.4 Å². The van der Waals surface area contributed by atoms with Crippen LogP contribution in [0.5, 0.6) is 0 Å². The van der Waals surface area contributed by atoms with Gasteiger partial charge in [0.05, 0.1) is 0 Å². The Labute approximate surface area is 111 Å². The van der Waals surface area contributed by atoms with Crippen molar-refractivity contribution in [2.24, 2.45) is 0 Å². The number of rotatable bonds is 1. The van der Waals surface area contributed by atoms with Gasteiger partial charge in [-0.3, -0.25) is 4.79 Å². The lowest BCUT2D eigenvalue weighted by Crippen LogP contribution is -2.28. The summed E-state index contributed by atoms with van der Waals surface area (Å²) in [6, 6.07) is 7.76. The second kappa shape index (κ2) is 4.24. The molecule has 2 aromatic rings. The maximum atomic E-state index is 13.1. The van der Waals surface area contributed by atoms with Crippen molar-refractivity contribution in [2.45, 2.75) is 6.42 Å². The number of carbonyl (C=O) groups excluding carboxylic acids is 1. The lowest BCUT2D eigenvalue weighted by molar-refractivity contribution is 0.0961. The van der Waals surface area contributed by atoms with E-state index in [1.165, 1.54) is 12.1 Å². The minimum Gasteiger partial charge on any atom is -0.444 e. The molecule has 0 radical (unpaired) electrons. The molecular weight excluding hydrogens is 301 g/mol. The predicted molar refractivity (Wildman–Crippen MR) is 68.2 cm³/mol. The van der Waals surface area contributed by atoms with Gasteiger partial charge in [0.25, 0.3) is 5.91 Å². The van der Waals surface area contributed by atoms with Crippen LogP contribution in [-0.4, -0.2) is 12.5 Å². The minimum atomic E-state index is -0.274. The van der Waals surface area contributed by atoms with E-state index in [0.29, 0.717) is 17.6 Å². The molecule has 18 heavy (non-hydrogen) atoms. The van der Waals surface area contributed by atoms with E-state index in [-0.39, 0.29) is 17.5 Å². The topological polar surface area (TPSA) is 33.5 Å². The van der Waals surface area contributed by atoms with Crippen molar-refractivity contribution in [3.05, 3.63) is 52.1 Å². The second-order valence-electron chi connectivity index (χ2n) is 4.08. The molecule has 1 aromatic heterocycles. The van der Waals surface area contributed by atoms with Crippen LogP contribution < -0.4 is 4.90 Å². The summed E-state index contributed by atoms with van der Waals surface area (Å²) in [6.45, 7) is 0.552. The Bertz CT molecular complexity index is 623. The van der Waals surface area contributed by atoms with Gasteiger partial charge >= 0.3 is 0 Å². The molecule has 92 valence electrons. The zero-order valence-electron chi connectivity index (χ0n) is 9.32. The van der Waals surface area contributed by atoms with Crippen molar-refractivity contribution in [1.82, 2.24) is 0 Å². The number of nitrogens with zero attached hydrogens (tertiary/aromatic N) is 1. The van der Waals surface area contributed by atoms with E-state index in [0.717, 1.165) is 11.3 Å². The summed E-state index contributed by atoms with van der Waals surface area (Å²) < 4.78 is 18.9. The average Bonchev–Trinajstić information content (AvgIpc) is 2.94. The van der Waals surface area contributed by atoms with Crippen LogP contribution in [0.4, 0.5) is 10.1 Å². The highest BCUT2D eigenvalue weighted by molar-refractivity contribution is 9.10. The number of hydrogen-bond acceptors (Lipinski definition) is 2. The van der Waals surface area contributed by atoms with Crippen LogP contribution in [0.2, 0.25) is 0 Å². The summed E-state index contributed by atoms with van der Waals surface area (Å²) >= 11 is 3.16. The molecule has 0 saturated heterocycles. The van der Waals surface area contributed by atoms with Crippen molar-refractivity contribution in [3.8, 4) is 0 Å². The highest BCUT2D eigenvalue weighted by Crippen LogP contribution is 2.30. The average molecular weight is 310 g/mol. The number of halogens is 2. The summed E-state index contributed by atoms with van der Waals surface area (Å²) in [7, 11) is 0. The van der Waals surface area contributed by atoms with E-state index in [9.17, 15) is 9.18 Å². The van der Waals surface area contributed by atoms with Gasteiger partial charge in [-0.05, 0) is 58.2 Å². The van der Waals surface area contributed by atoms with E-state index in [1.54, 1.807) is 23.1 Å². The minimum absolute atomic E-state index is 0.203. The van der Waals surface area contributed by atoms with Gasteiger partial charge in [0.15, 0.2) is 10.4 Å². The van der Waals surface area contributed by atoms with Gasteiger partial charge in [0.2, 0.25) is 0 Å². The lowest BCUT2D eigenvalue weighted by atomic mass is 10.1. The van der Waals surface area contributed by atoms with Crippen molar-refractivity contribution in [3.63, 3.8) is 0 Å². The summed E-state index contributed by atoms with van der Waals surface area (Å²) in [6.07, 6.45) is 0.667. The molecule has 0 spiro atoms. The van der Waals surface area contributed by atoms with Crippen LogP contribution in [-0.2, 0) is 6.42 Å². The van der Waals surface area contributed by atoms with Crippen LogP contribution in [0, 0.1) is 5.82 Å². The number of anilines is 1. The Morgan fingerprint density at radius 2 is 2.17 bits per heavy atom. The van der Waals surface area contributed by atoms with Gasteiger partial charge in [-0.25, -0.2) is 4.39 Å². The van der Waals surface area contributed by atoms with E-state index in [2.05, 4.69) is 15.9 Å². The SMILES string of the molecule is O=C(c1ccc(Br)o1)N1CCc2cc(F)ccc21. The predicted octanol–water partition coefficient (Wildman–Crippen LogP) is 3.38. The lowest BCUT2D eigenvalue weighted by Gasteiger charge is -2.15. The first kappa shape index (κ1) is 11.5. The number of carbonyl (C=O) groups is 1. The number of furan rings is 1. The molecule has 0 unspecified atom stereocenters. The Balaban J connectivity index is 1.95. The smallest absolute Gasteiger partial charge is 0.294 e. The number of amides is 1. The van der Waals surface area contributed by atoms with Crippen LogP contribution in [0.25, 0.3) is 0 Å². The molecule has 1 aliphatic rings. The van der Waals surface area contributed by atoms with Crippen molar-refractivity contribution < 1.29 is 13.6 Å². The molecule has 1 aromatic carbocycles. The van der Waals surface area contributed by atoms with Gasteiger partial charge in [-0.1, -0.05) is 0 Å². The zero-order chi connectivity index (χ0) is 12.7. The molecule has 3 rings (SSSR count). The van der Waals surface area contributed by atoms with E-state index in [4.69, 9.17) is 4.42 Å². The monoisotopic (exact) mass is 309 g/mol. The third-order valence-corrected chi connectivity index (χ3v) is 3.39. The van der Waals surface area contributed by atoms with Crippen LogP contribution in [0.15, 0.2) is 39.4 Å². The molecule has 0 bridgehead atoms. The van der Waals surface area contributed by atoms with Gasteiger partial charge in [0.1, 0.15) is 5.82 Å². The Morgan fingerprint density at radius 1 is 1.33 bits per heavy atom. The number of hydrogen-bond donors (Lipinski definition) is 0. The van der Waals surface area contributed by atoms with Gasteiger partial charge in [0, 0.05) is 12.2 Å². The molecule has 0 saturated carbocycles. The van der Waals surface area contributed by atoms with Gasteiger partial charge in [-0.15, -0.1) is 0 Å².